The number of allylic oxidation sites excluding steroid dienone is 3. The van der Waals surface area contributed by atoms with E-state index in [0.717, 1.165) is 5.71 Å². The van der Waals surface area contributed by atoms with Gasteiger partial charge >= 0.3 is 0 Å². The molecule has 1 aliphatic heterocycles. The normalized spacial score (nSPS) is 36.7. The molecule has 3 nitrogen and oxygen atoms in total. The Morgan fingerprint density at radius 1 is 1.46 bits per heavy atom. The molecule has 0 radical (unpaired) electrons. The Labute approximate surface area is 77.3 Å². The van der Waals surface area contributed by atoms with Gasteiger partial charge < -0.3 is 10.5 Å². The lowest BCUT2D eigenvalue weighted by Crippen LogP contribution is -2.17. The van der Waals surface area contributed by atoms with E-state index in [2.05, 4.69) is 11.1 Å². The molecule has 68 valence electrons. The van der Waals surface area contributed by atoms with Crippen molar-refractivity contribution in [3.63, 3.8) is 0 Å². The van der Waals surface area contributed by atoms with Gasteiger partial charge in [-0.1, -0.05) is 18.2 Å². The van der Waals surface area contributed by atoms with Crippen LogP contribution in [0.3, 0.4) is 0 Å². The molecule has 1 saturated heterocycles. The number of hydrogen-bond acceptors (Lipinski definition) is 3. The smallest absolute Gasteiger partial charge is 0.157 e. The molecule has 0 bridgehead atoms. The lowest BCUT2D eigenvalue weighted by molar-refractivity contribution is 0.184. The molecule has 2 N–H and O–H groups in total. The summed E-state index contributed by atoms with van der Waals surface area (Å²) in [5.74, 6) is 0.943. The second-order valence-corrected chi connectivity index (χ2v) is 3.02. The third-order valence-electron chi connectivity index (χ3n) is 2.31. The fourth-order valence-corrected chi connectivity index (χ4v) is 1.70. The summed E-state index contributed by atoms with van der Waals surface area (Å²) in [6.07, 6.45) is 9.65. The van der Waals surface area contributed by atoms with Crippen LogP contribution in [0.25, 0.3) is 0 Å². The summed E-state index contributed by atoms with van der Waals surface area (Å²) in [7, 11) is 1.76. The first-order valence-corrected chi connectivity index (χ1v) is 4.27. The van der Waals surface area contributed by atoms with Gasteiger partial charge in [0.25, 0.3) is 0 Å². The fourth-order valence-electron chi connectivity index (χ4n) is 1.70. The predicted octanol–water partition coefficient (Wildman–Crippen LogP) is 0.998. The standard InChI is InChI=1S/C10H12N2O/c1-12-10-7-4-2-3-5-8(7)13-9(10)6-11/h2-8H,11H2,1H3. The van der Waals surface area contributed by atoms with E-state index in [1.165, 1.54) is 6.20 Å². The minimum atomic E-state index is 0.0819. The average molecular weight is 176 g/mol. The molecule has 0 spiro atoms. The van der Waals surface area contributed by atoms with Crippen molar-refractivity contribution in [2.75, 3.05) is 7.05 Å². The van der Waals surface area contributed by atoms with E-state index < -0.39 is 0 Å². The SMILES string of the molecule is CN=C1C(=CN)OC2C=CC=CC12. The minimum absolute atomic E-state index is 0.0819. The fraction of sp³-hybridized carbons (Fsp3) is 0.300. The van der Waals surface area contributed by atoms with Gasteiger partial charge in [-0.15, -0.1) is 0 Å². The van der Waals surface area contributed by atoms with Crippen LogP contribution >= 0.6 is 0 Å². The zero-order valence-electron chi connectivity index (χ0n) is 7.47. The highest BCUT2D eigenvalue weighted by molar-refractivity contribution is 6.03. The number of rotatable bonds is 0. The Bertz CT molecular complexity index is 326. The van der Waals surface area contributed by atoms with Gasteiger partial charge in [0.2, 0.25) is 0 Å². The Hall–Kier alpha value is -1.51. The molecule has 2 atom stereocenters. The van der Waals surface area contributed by atoms with Crippen molar-refractivity contribution in [1.82, 2.24) is 0 Å². The van der Waals surface area contributed by atoms with Gasteiger partial charge in [0.15, 0.2) is 5.76 Å². The molecular weight excluding hydrogens is 164 g/mol. The lowest BCUT2D eigenvalue weighted by Gasteiger charge is -2.12. The summed E-state index contributed by atoms with van der Waals surface area (Å²) < 4.78 is 5.59. The van der Waals surface area contributed by atoms with E-state index >= 15 is 0 Å². The number of ether oxygens (including phenoxy) is 1. The largest absolute Gasteiger partial charge is 0.482 e. The third-order valence-corrected chi connectivity index (χ3v) is 2.31. The van der Waals surface area contributed by atoms with Gasteiger partial charge in [-0.25, -0.2) is 0 Å². The maximum absolute atomic E-state index is 5.59. The van der Waals surface area contributed by atoms with E-state index in [9.17, 15) is 0 Å². The van der Waals surface area contributed by atoms with Gasteiger partial charge in [-0.2, -0.15) is 0 Å². The maximum Gasteiger partial charge on any atom is 0.157 e. The number of hydrogen-bond donors (Lipinski definition) is 1. The van der Waals surface area contributed by atoms with Crippen molar-refractivity contribution < 1.29 is 4.74 Å². The lowest BCUT2D eigenvalue weighted by atomic mass is 9.95. The van der Waals surface area contributed by atoms with Crippen LogP contribution in [0.2, 0.25) is 0 Å². The first-order valence-electron chi connectivity index (χ1n) is 4.27. The van der Waals surface area contributed by atoms with Crippen LogP contribution in [0.1, 0.15) is 0 Å². The third kappa shape index (κ3) is 1.16. The second kappa shape index (κ2) is 3.09. The Kier molecular flexibility index (Phi) is 1.93. The summed E-state index contributed by atoms with van der Waals surface area (Å²) in [6, 6.07) is 0. The van der Waals surface area contributed by atoms with Crippen LogP contribution in [0, 0.1) is 5.92 Å². The van der Waals surface area contributed by atoms with Crippen LogP contribution in [0.4, 0.5) is 0 Å². The van der Waals surface area contributed by atoms with E-state index in [-0.39, 0.29) is 12.0 Å². The molecule has 1 fully saturated rings. The Balaban J connectivity index is 2.37. The van der Waals surface area contributed by atoms with E-state index in [1.54, 1.807) is 7.05 Å². The van der Waals surface area contributed by atoms with Gasteiger partial charge in [0, 0.05) is 13.2 Å². The summed E-state index contributed by atoms with van der Waals surface area (Å²) >= 11 is 0. The molecule has 0 saturated carbocycles. The second-order valence-electron chi connectivity index (χ2n) is 3.02. The van der Waals surface area contributed by atoms with Crippen molar-refractivity contribution in [3.05, 3.63) is 36.3 Å². The summed E-state index contributed by atoms with van der Waals surface area (Å²) in [6.45, 7) is 0. The topological polar surface area (TPSA) is 47.6 Å². The number of nitrogens with two attached hydrogens (primary N) is 1. The predicted molar refractivity (Wildman–Crippen MR) is 52.3 cm³/mol. The van der Waals surface area contributed by atoms with Crippen LogP contribution < -0.4 is 5.73 Å². The number of aliphatic imine (C=N–C) groups is 1. The molecule has 0 amide bonds. The molecule has 13 heavy (non-hydrogen) atoms. The monoisotopic (exact) mass is 176 g/mol. The first-order chi connectivity index (χ1) is 6.36. The molecule has 1 heterocycles. The highest BCUT2D eigenvalue weighted by Gasteiger charge is 2.35. The molecule has 0 aromatic rings. The summed E-state index contributed by atoms with van der Waals surface area (Å²) in [5, 5.41) is 0. The molecule has 1 aliphatic carbocycles. The van der Waals surface area contributed by atoms with Crippen molar-refractivity contribution in [3.8, 4) is 0 Å². The molecule has 2 unspecified atom stereocenters. The average Bonchev–Trinajstić information content (AvgIpc) is 2.55. The zero-order chi connectivity index (χ0) is 9.26. The van der Waals surface area contributed by atoms with Crippen LogP contribution in [-0.2, 0) is 4.74 Å². The molecule has 2 aliphatic rings. The van der Waals surface area contributed by atoms with E-state index in [4.69, 9.17) is 10.5 Å². The van der Waals surface area contributed by atoms with Crippen molar-refractivity contribution in [2.45, 2.75) is 6.10 Å². The minimum Gasteiger partial charge on any atom is -0.482 e. The molecule has 0 aromatic heterocycles. The Morgan fingerprint density at radius 2 is 2.23 bits per heavy atom. The highest BCUT2D eigenvalue weighted by Crippen LogP contribution is 2.30. The number of nitrogens with zero attached hydrogens (tertiary/aromatic N) is 1. The van der Waals surface area contributed by atoms with E-state index in [0.29, 0.717) is 5.76 Å². The van der Waals surface area contributed by atoms with Gasteiger partial charge in [-0.3, -0.25) is 4.99 Å². The van der Waals surface area contributed by atoms with Crippen LogP contribution in [0.15, 0.2) is 41.3 Å². The summed E-state index contributed by atoms with van der Waals surface area (Å²) in [4.78, 5) is 4.18. The van der Waals surface area contributed by atoms with Crippen molar-refractivity contribution in [2.24, 2.45) is 16.6 Å². The molecular formula is C10H12N2O. The summed E-state index contributed by atoms with van der Waals surface area (Å²) in [5.41, 5.74) is 6.38. The quantitative estimate of drug-likeness (QED) is 0.598. The van der Waals surface area contributed by atoms with Crippen molar-refractivity contribution in [1.29, 1.82) is 0 Å². The number of fused-ring (bicyclic) bond motifs is 1. The highest BCUT2D eigenvalue weighted by atomic mass is 16.5. The Morgan fingerprint density at radius 3 is 2.92 bits per heavy atom. The van der Waals surface area contributed by atoms with Crippen LogP contribution in [0.5, 0.6) is 0 Å². The van der Waals surface area contributed by atoms with Crippen molar-refractivity contribution >= 4 is 5.71 Å². The van der Waals surface area contributed by atoms with Gasteiger partial charge in [0.1, 0.15) is 6.10 Å². The van der Waals surface area contributed by atoms with Crippen LogP contribution in [-0.4, -0.2) is 18.9 Å². The molecule has 2 rings (SSSR count). The first kappa shape index (κ1) is 8.10. The zero-order valence-corrected chi connectivity index (χ0v) is 7.47. The molecule has 0 aromatic carbocycles. The van der Waals surface area contributed by atoms with Gasteiger partial charge in [-0.05, 0) is 6.08 Å². The van der Waals surface area contributed by atoms with Gasteiger partial charge in [0.05, 0.1) is 11.6 Å². The maximum atomic E-state index is 5.59. The van der Waals surface area contributed by atoms with E-state index in [1.807, 2.05) is 18.2 Å². The molecule has 3 heteroatoms.